The van der Waals surface area contributed by atoms with Crippen molar-refractivity contribution in [2.75, 3.05) is 0 Å². The lowest BCUT2D eigenvalue weighted by molar-refractivity contribution is -0.322. The normalized spacial score (nSPS) is 17.7. The number of benzene rings is 5. The van der Waals surface area contributed by atoms with Gasteiger partial charge in [0, 0.05) is 5.56 Å². The van der Waals surface area contributed by atoms with Crippen LogP contribution in [0.5, 0.6) is 86.2 Å². The van der Waals surface area contributed by atoms with E-state index in [-0.39, 0.29) is 0 Å². The highest BCUT2D eigenvalue weighted by Crippen LogP contribution is 2.43. The van der Waals surface area contributed by atoms with E-state index in [0.29, 0.717) is 54.6 Å². The monoisotopic (exact) mass is 940 g/mol. The molecule has 5 unspecified atom stereocenters. The Bertz CT molecular complexity index is 2780. The third kappa shape index (κ3) is 9.24. The third-order valence-corrected chi connectivity index (χ3v) is 9.58. The second kappa shape index (κ2) is 17.9. The molecule has 15 N–H and O–H groups in total. The molecule has 0 aliphatic carbocycles. The molecular weight excluding hydrogens is 908 g/mol. The van der Waals surface area contributed by atoms with Gasteiger partial charge in [-0.1, -0.05) is 0 Å². The Kier molecular flexibility index (Phi) is 12.5. The zero-order valence-electron chi connectivity index (χ0n) is 33.3. The Morgan fingerprint density at radius 1 is 0.343 bits per heavy atom. The van der Waals surface area contributed by atoms with Crippen molar-refractivity contribution in [2.45, 2.75) is 37.8 Å². The summed E-state index contributed by atoms with van der Waals surface area (Å²) in [7, 11) is 0. The number of phenolic OH excluding ortho intramolecular Hbond substituents is 15. The molecule has 26 nitrogen and oxygen atoms in total. The Labute approximate surface area is 370 Å². The summed E-state index contributed by atoms with van der Waals surface area (Å²) >= 11 is 0. The molecule has 0 radical (unpaired) electrons. The lowest BCUT2D eigenvalue weighted by Gasteiger charge is -2.43. The van der Waals surface area contributed by atoms with Crippen molar-refractivity contribution in [3.8, 4) is 86.2 Å². The van der Waals surface area contributed by atoms with Crippen molar-refractivity contribution in [1.29, 1.82) is 0 Å². The Morgan fingerprint density at radius 3 is 0.910 bits per heavy atom. The number of phenols is 15. The lowest BCUT2D eigenvalue weighted by Crippen LogP contribution is -2.63. The molecule has 1 fully saturated rings. The minimum absolute atomic E-state index is 0.489. The molecule has 26 heteroatoms. The quantitative estimate of drug-likeness (QED) is 0.0540. The summed E-state index contributed by atoms with van der Waals surface area (Å²) in [6.07, 6.45) is -13.3. The highest BCUT2D eigenvalue weighted by molar-refractivity contribution is 5.95. The summed E-state index contributed by atoms with van der Waals surface area (Å²) in [6, 6.07) is 4.71. The van der Waals surface area contributed by atoms with Gasteiger partial charge in [-0.3, -0.25) is 4.74 Å². The Hall–Kier alpha value is -9.59. The van der Waals surface area contributed by atoms with Crippen molar-refractivity contribution in [3.05, 3.63) is 88.0 Å². The summed E-state index contributed by atoms with van der Waals surface area (Å²) in [6.45, 7) is 1.03. The van der Waals surface area contributed by atoms with Crippen LogP contribution in [0, 0.1) is 6.92 Å². The molecule has 0 bridgehead atoms. The van der Waals surface area contributed by atoms with Gasteiger partial charge in [0.25, 0.3) is 0 Å². The van der Waals surface area contributed by atoms with Crippen LogP contribution < -0.4 is 0 Å². The molecule has 0 spiro atoms. The van der Waals surface area contributed by atoms with E-state index in [0.717, 1.165) is 6.92 Å². The van der Waals surface area contributed by atoms with E-state index in [9.17, 15) is 101 Å². The number of rotatable bonds is 10. The van der Waals surface area contributed by atoms with Crippen molar-refractivity contribution < 1.29 is 129 Å². The Balaban J connectivity index is 1.57. The van der Waals surface area contributed by atoms with Gasteiger partial charge in [-0.2, -0.15) is 0 Å². The van der Waals surface area contributed by atoms with Gasteiger partial charge in [-0.25, -0.2) is 24.0 Å². The van der Waals surface area contributed by atoms with Gasteiger partial charge < -0.3 is 100 Å². The molecule has 352 valence electrons. The van der Waals surface area contributed by atoms with Gasteiger partial charge in [0.15, 0.2) is 86.6 Å². The van der Waals surface area contributed by atoms with E-state index in [4.69, 9.17) is 28.4 Å². The van der Waals surface area contributed by atoms with E-state index in [2.05, 4.69) is 0 Å². The smallest absolute Gasteiger partial charge is 0.341 e. The summed E-state index contributed by atoms with van der Waals surface area (Å²) in [5.74, 6) is -25.3. The lowest BCUT2D eigenvalue weighted by atomic mass is 10.0. The molecule has 5 atom stereocenters. The van der Waals surface area contributed by atoms with Gasteiger partial charge in [-0.15, -0.1) is 0 Å². The summed E-state index contributed by atoms with van der Waals surface area (Å²) < 4.78 is 33.1. The second-order valence-corrected chi connectivity index (χ2v) is 14.0. The fraction of sp³-hybridized carbons (Fsp3) is 0.146. The van der Waals surface area contributed by atoms with Crippen LogP contribution >= 0.6 is 0 Å². The average Bonchev–Trinajstić information content (AvgIpc) is 3.27. The first-order valence-electron chi connectivity index (χ1n) is 18.3. The molecule has 0 aromatic heterocycles. The standard InChI is InChI=1S/C41H32O26/c1-11-16(10-25(50)31(56)26(11)51)39(61)66-41-34(64-37(59)14-6-21(46)29(54)22(47)7-14)32(62-35(57)12-2-17(42)27(52)18(43)3-12)33(63-36(58)13-4-19(44)28(53)20(45)5-13)40(67-41)65-38(60)15-8-23(48)30(55)24(49)9-15/h2-10,32-34,40-56H,1H3. The van der Waals surface area contributed by atoms with Crippen LogP contribution in [0.3, 0.4) is 0 Å². The molecule has 67 heavy (non-hydrogen) atoms. The number of ether oxygens (including phenoxy) is 6. The second-order valence-electron chi connectivity index (χ2n) is 14.0. The van der Waals surface area contributed by atoms with Crippen molar-refractivity contribution in [1.82, 2.24) is 0 Å². The van der Waals surface area contributed by atoms with Crippen molar-refractivity contribution in [2.24, 2.45) is 0 Å². The number of hydrogen-bond donors (Lipinski definition) is 15. The van der Waals surface area contributed by atoms with E-state index in [1.54, 1.807) is 0 Å². The van der Waals surface area contributed by atoms with E-state index in [1.165, 1.54) is 0 Å². The highest BCUT2D eigenvalue weighted by Gasteiger charge is 2.56. The first kappa shape index (κ1) is 46.9. The number of esters is 5. The van der Waals surface area contributed by atoms with Crippen molar-refractivity contribution in [3.63, 3.8) is 0 Å². The van der Waals surface area contributed by atoms with Crippen LogP contribution in [-0.2, 0) is 28.4 Å². The summed E-state index contributed by atoms with van der Waals surface area (Å²) in [5.41, 5.74) is -4.63. The van der Waals surface area contributed by atoms with Crippen LogP contribution in [0.25, 0.3) is 0 Å². The molecule has 1 heterocycles. The fourth-order valence-electron chi connectivity index (χ4n) is 6.11. The summed E-state index contributed by atoms with van der Waals surface area (Å²) in [4.78, 5) is 69.1. The van der Waals surface area contributed by atoms with Crippen LogP contribution in [-0.4, -0.2) is 137 Å². The molecule has 5 aromatic rings. The van der Waals surface area contributed by atoms with E-state index >= 15 is 0 Å². The molecular formula is C41H32O26. The maximum Gasteiger partial charge on any atom is 0.341 e. The maximum atomic E-state index is 13.9. The van der Waals surface area contributed by atoms with Crippen LogP contribution in [0.15, 0.2) is 54.6 Å². The minimum Gasteiger partial charge on any atom is -0.504 e. The third-order valence-electron chi connectivity index (χ3n) is 9.58. The molecule has 5 aromatic carbocycles. The van der Waals surface area contributed by atoms with Gasteiger partial charge >= 0.3 is 29.8 Å². The molecule has 0 amide bonds. The highest BCUT2D eigenvalue weighted by atomic mass is 16.8. The first-order valence-corrected chi connectivity index (χ1v) is 18.3. The number of carbonyl (C=O) groups excluding carboxylic acids is 5. The molecule has 0 saturated carbocycles. The topological polar surface area (TPSA) is 444 Å². The van der Waals surface area contributed by atoms with Crippen LogP contribution in [0.2, 0.25) is 0 Å². The van der Waals surface area contributed by atoms with Crippen LogP contribution in [0.1, 0.15) is 57.4 Å². The van der Waals surface area contributed by atoms with Gasteiger partial charge in [0.2, 0.25) is 30.5 Å². The first-order chi connectivity index (χ1) is 31.4. The fourth-order valence-corrected chi connectivity index (χ4v) is 6.11. The molecule has 1 aliphatic rings. The van der Waals surface area contributed by atoms with Gasteiger partial charge in [0.05, 0.1) is 27.8 Å². The molecule has 1 aliphatic heterocycles. The average molecular weight is 941 g/mol. The van der Waals surface area contributed by atoms with Crippen LogP contribution in [0.4, 0.5) is 0 Å². The summed E-state index contributed by atoms with van der Waals surface area (Å²) in [5, 5.41) is 151. The molecule has 6 rings (SSSR count). The number of carbonyl (C=O) groups is 5. The number of hydrogen-bond acceptors (Lipinski definition) is 26. The zero-order valence-corrected chi connectivity index (χ0v) is 33.3. The van der Waals surface area contributed by atoms with Gasteiger partial charge in [0.1, 0.15) is 0 Å². The zero-order chi connectivity index (χ0) is 49.5. The predicted octanol–water partition coefficient (Wildman–Crippen LogP) is 1.95. The maximum absolute atomic E-state index is 13.9. The minimum atomic E-state index is -2.69. The Morgan fingerprint density at radius 2 is 0.597 bits per heavy atom. The molecule has 1 saturated heterocycles. The van der Waals surface area contributed by atoms with Gasteiger partial charge in [-0.05, 0) is 61.5 Å². The van der Waals surface area contributed by atoms with E-state index < -0.39 is 180 Å². The predicted molar refractivity (Wildman–Crippen MR) is 209 cm³/mol. The van der Waals surface area contributed by atoms with E-state index in [1.807, 2.05) is 0 Å². The van der Waals surface area contributed by atoms with Crippen molar-refractivity contribution >= 4 is 29.8 Å². The largest absolute Gasteiger partial charge is 0.504 e. The SMILES string of the molecule is Cc1c(C(=O)OC2OC(OC(=O)c3cc(O)c(O)c(O)c3)C(OC(=O)c3cc(O)c(O)c(O)c3)C(OC(=O)c3cc(O)c(O)c(O)c3)C2OC(=O)c2cc(O)c(O)c(O)c2)cc(O)c(O)c1O. The number of aromatic hydroxyl groups is 15.